The van der Waals surface area contributed by atoms with E-state index in [9.17, 15) is 9.59 Å². The molecule has 0 aromatic heterocycles. The molecule has 0 aromatic carbocycles. The van der Waals surface area contributed by atoms with Gasteiger partial charge in [0, 0.05) is 6.61 Å². The van der Waals surface area contributed by atoms with Crippen LogP contribution in [0.4, 0.5) is 0 Å². The Bertz CT molecular complexity index is 251. The molecule has 0 spiro atoms. The zero-order valence-corrected chi connectivity index (χ0v) is 8.57. The molecule has 0 aliphatic rings. The van der Waals surface area contributed by atoms with Crippen molar-refractivity contribution in [2.24, 2.45) is 5.92 Å². The van der Waals surface area contributed by atoms with Crippen LogP contribution in [0.2, 0.25) is 0 Å². The van der Waals surface area contributed by atoms with Crippen LogP contribution in [-0.2, 0) is 19.1 Å². The standard InChI is InChI=1S/C10H14O4/c1-5-8(14-6-2)9(7(3)11)10(12)13-4/h1,8-9H,6H2,2-4H3/t8-,9-/m1/s1. The molecule has 0 aliphatic heterocycles. The van der Waals surface area contributed by atoms with Gasteiger partial charge in [-0.15, -0.1) is 6.42 Å². The van der Waals surface area contributed by atoms with Crippen LogP contribution in [0.15, 0.2) is 0 Å². The summed E-state index contributed by atoms with van der Waals surface area (Å²) in [6, 6.07) is 0. The molecular weight excluding hydrogens is 184 g/mol. The van der Waals surface area contributed by atoms with E-state index in [0.717, 1.165) is 0 Å². The number of carbonyl (C=O) groups excluding carboxylic acids is 2. The molecule has 0 amide bonds. The quantitative estimate of drug-likeness (QED) is 0.364. The zero-order chi connectivity index (χ0) is 11.1. The van der Waals surface area contributed by atoms with Gasteiger partial charge in [-0.25, -0.2) is 0 Å². The maximum Gasteiger partial charge on any atom is 0.319 e. The molecule has 0 saturated heterocycles. The topological polar surface area (TPSA) is 52.6 Å². The summed E-state index contributed by atoms with van der Waals surface area (Å²) >= 11 is 0. The highest BCUT2D eigenvalue weighted by molar-refractivity contribution is 5.98. The first-order valence-corrected chi connectivity index (χ1v) is 4.24. The number of methoxy groups -OCH3 is 1. The van der Waals surface area contributed by atoms with Gasteiger partial charge < -0.3 is 9.47 Å². The Morgan fingerprint density at radius 3 is 2.36 bits per heavy atom. The minimum atomic E-state index is -1.02. The zero-order valence-electron chi connectivity index (χ0n) is 8.57. The van der Waals surface area contributed by atoms with Crippen LogP contribution in [0.3, 0.4) is 0 Å². The second-order valence-corrected chi connectivity index (χ2v) is 2.65. The predicted molar refractivity (Wildman–Crippen MR) is 50.4 cm³/mol. The summed E-state index contributed by atoms with van der Waals surface area (Å²) in [7, 11) is 1.21. The van der Waals surface area contributed by atoms with Crippen LogP contribution in [0, 0.1) is 18.3 Å². The number of Topliss-reactive ketones (excluding diaryl/α,β-unsaturated/α-hetero) is 1. The van der Waals surface area contributed by atoms with Gasteiger partial charge in [0.2, 0.25) is 0 Å². The van der Waals surface area contributed by atoms with Crippen molar-refractivity contribution in [3.05, 3.63) is 0 Å². The van der Waals surface area contributed by atoms with E-state index < -0.39 is 18.0 Å². The van der Waals surface area contributed by atoms with Gasteiger partial charge in [0.15, 0.2) is 5.92 Å². The maximum atomic E-state index is 11.2. The second-order valence-electron chi connectivity index (χ2n) is 2.65. The Balaban J connectivity index is 4.71. The van der Waals surface area contributed by atoms with E-state index in [4.69, 9.17) is 11.2 Å². The van der Waals surface area contributed by atoms with Gasteiger partial charge in [0.05, 0.1) is 7.11 Å². The Labute approximate surface area is 83.6 Å². The lowest BCUT2D eigenvalue weighted by molar-refractivity contribution is -0.153. The number of terminal acetylenes is 1. The van der Waals surface area contributed by atoms with E-state index in [1.165, 1.54) is 14.0 Å². The fourth-order valence-corrected chi connectivity index (χ4v) is 1.05. The van der Waals surface area contributed by atoms with Gasteiger partial charge in [-0.05, 0) is 13.8 Å². The summed E-state index contributed by atoms with van der Waals surface area (Å²) < 4.78 is 9.55. The molecule has 14 heavy (non-hydrogen) atoms. The SMILES string of the molecule is C#C[C@@H](OCC)[C@@H](C(C)=O)C(=O)OC. The molecule has 0 bridgehead atoms. The Morgan fingerprint density at radius 2 is 2.07 bits per heavy atom. The third-order valence-electron chi connectivity index (χ3n) is 1.71. The molecule has 0 heterocycles. The van der Waals surface area contributed by atoms with Gasteiger partial charge in [-0.1, -0.05) is 5.92 Å². The number of carbonyl (C=O) groups is 2. The fraction of sp³-hybridized carbons (Fsp3) is 0.600. The first-order valence-electron chi connectivity index (χ1n) is 4.24. The third-order valence-corrected chi connectivity index (χ3v) is 1.71. The normalized spacial score (nSPS) is 13.9. The first-order chi connectivity index (χ1) is 6.58. The lowest BCUT2D eigenvalue weighted by Crippen LogP contribution is -2.35. The van der Waals surface area contributed by atoms with E-state index in [1.54, 1.807) is 6.92 Å². The van der Waals surface area contributed by atoms with Gasteiger partial charge in [-0.2, -0.15) is 0 Å². The summed E-state index contributed by atoms with van der Waals surface area (Å²) in [4.78, 5) is 22.4. The van der Waals surface area contributed by atoms with E-state index in [2.05, 4.69) is 10.7 Å². The summed E-state index contributed by atoms with van der Waals surface area (Å²) in [5.74, 6) is 0.221. The van der Waals surface area contributed by atoms with Crippen LogP contribution in [0.1, 0.15) is 13.8 Å². The smallest absolute Gasteiger partial charge is 0.319 e. The van der Waals surface area contributed by atoms with Crippen molar-refractivity contribution in [3.8, 4) is 12.3 Å². The van der Waals surface area contributed by atoms with Crippen molar-refractivity contribution < 1.29 is 19.1 Å². The molecule has 0 radical (unpaired) electrons. The fourth-order valence-electron chi connectivity index (χ4n) is 1.05. The van der Waals surface area contributed by atoms with Crippen molar-refractivity contribution in [1.82, 2.24) is 0 Å². The van der Waals surface area contributed by atoms with Crippen molar-refractivity contribution in [3.63, 3.8) is 0 Å². The summed E-state index contributed by atoms with van der Waals surface area (Å²) in [5.41, 5.74) is 0. The highest BCUT2D eigenvalue weighted by Gasteiger charge is 2.32. The first kappa shape index (κ1) is 12.7. The van der Waals surface area contributed by atoms with Crippen molar-refractivity contribution in [2.75, 3.05) is 13.7 Å². The molecule has 0 saturated carbocycles. The van der Waals surface area contributed by atoms with E-state index in [1.807, 2.05) is 0 Å². The molecule has 0 N–H and O–H groups in total. The Morgan fingerprint density at radius 1 is 1.50 bits per heavy atom. The van der Waals surface area contributed by atoms with Crippen LogP contribution in [0.5, 0.6) is 0 Å². The largest absolute Gasteiger partial charge is 0.468 e. The van der Waals surface area contributed by atoms with Gasteiger partial charge >= 0.3 is 5.97 Å². The molecule has 4 heteroatoms. The Kier molecular flexibility index (Phi) is 5.58. The molecule has 2 atom stereocenters. The molecule has 0 aromatic rings. The molecule has 78 valence electrons. The average molecular weight is 198 g/mol. The number of esters is 1. The van der Waals surface area contributed by atoms with Crippen molar-refractivity contribution in [2.45, 2.75) is 20.0 Å². The Hall–Kier alpha value is -1.34. The van der Waals surface area contributed by atoms with Crippen molar-refractivity contribution in [1.29, 1.82) is 0 Å². The van der Waals surface area contributed by atoms with Gasteiger partial charge in [-0.3, -0.25) is 9.59 Å². The highest BCUT2D eigenvalue weighted by atomic mass is 16.5. The lowest BCUT2D eigenvalue weighted by Gasteiger charge is -2.17. The minimum Gasteiger partial charge on any atom is -0.468 e. The van der Waals surface area contributed by atoms with Crippen LogP contribution < -0.4 is 0 Å². The average Bonchev–Trinajstić information content (AvgIpc) is 2.16. The number of ether oxygens (including phenoxy) is 2. The number of ketones is 1. The lowest BCUT2D eigenvalue weighted by atomic mass is 9.99. The van der Waals surface area contributed by atoms with Crippen LogP contribution in [-0.4, -0.2) is 31.6 Å². The van der Waals surface area contributed by atoms with Crippen LogP contribution >= 0.6 is 0 Å². The van der Waals surface area contributed by atoms with Crippen molar-refractivity contribution >= 4 is 11.8 Å². The third kappa shape index (κ3) is 3.19. The number of hydrogen-bond donors (Lipinski definition) is 0. The molecule has 0 fully saturated rings. The summed E-state index contributed by atoms with van der Waals surface area (Å²) in [5, 5.41) is 0. The monoisotopic (exact) mass is 198 g/mol. The molecule has 0 rings (SSSR count). The molecular formula is C10H14O4. The second kappa shape index (κ2) is 6.17. The summed E-state index contributed by atoms with van der Waals surface area (Å²) in [6.07, 6.45) is 4.31. The molecule has 0 unspecified atom stereocenters. The van der Waals surface area contributed by atoms with Crippen LogP contribution in [0.25, 0.3) is 0 Å². The molecule has 0 aliphatic carbocycles. The minimum absolute atomic E-state index is 0.343. The van der Waals surface area contributed by atoms with E-state index in [-0.39, 0.29) is 5.78 Å². The number of hydrogen-bond acceptors (Lipinski definition) is 4. The van der Waals surface area contributed by atoms with E-state index in [0.29, 0.717) is 6.61 Å². The van der Waals surface area contributed by atoms with E-state index >= 15 is 0 Å². The maximum absolute atomic E-state index is 11.2. The number of rotatable bonds is 5. The predicted octanol–water partition coefficient (Wildman–Crippen LogP) is 0.403. The van der Waals surface area contributed by atoms with Gasteiger partial charge in [0.1, 0.15) is 11.9 Å². The molecule has 4 nitrogen and oxygen atoms in total. The highest BCUT2D eigenvalue weighted by Crippen LogP contribution is 2.11. The summed E-state index contributed by atoms with van der Waals surface area (Å²) in [6.45, 7) is 3.36. The van der Waals surface area contributed by atoms with Gasteiger partial charge in [0.25, 0.3) is 0 Å².